The van der Waals surface area contributed by atoms with Crippen LogP contribution in [0.2, 0.25) is 0 Å². The Morgan fingerprint density at radius 1 is 1.16 bits per heavy atom. The van der Waals surface area contributed by atoms with Crippen molar-refractivity contribution in [1.82, 2.24) is 4.98 Å². The molecule has 3 rings (SSSR count). The Morgan fingerprint density at radius 3 is 2.48 bits per heavy atom. The Hall–Kier alpha value is -2.32. The molecule has 0 aliphatic carbocycles. The quantitative estimate of drug-likeness (QED) is 0.847. The van der Waals surface area contributed by atoms with E-state index in [-0.39, 0.29) is 4.90 Å². The summed E-state index contributed by atoms with van der Waals surface area (Å²) in [5.41, 5.74) is 0.422. The number of aromatic nitrogens is 1. The number of anilines is 2. The van der Waals surface area contributed by atoms with Gasteiger partial charge in [-0.25, -0.2) is 13.4 Å². The summed E-state index contributed by atoms with van der Waals surface area (Å²) in [6.07, 6.45) is 1.52. The molecular formula is C17H21N3O4S. The molecule has 7 nitrogen and oxygen atoms in total. The molecule has 0 radical (unpaired) electrons. The topological polar surface area (TPSA) is 80.8 Å². The van der Waals surface area contributed by atoms with Crippen molar-refractivity contribution in [3.05, 3.63) is 42.6 Å². The van der Waals surface area contributed by atoms with Crippen LogP contribution in [-0.4, -0.2) is 46.3 Å². The lowest BCUT2D eigenvalue weighted by molar-refractivity contribution is 0.122. The van der Waals surface area contributed by atoms with E-state index in [0.717, 1.165) is 18.9 Å². The van der Waals surface area contributed by atoms with Gasteiger partial charge in [-0.3, -0.25) is 4.72 Å². The standard InChI is InChI=1S/C17H21N3O4S/c1-2-24-15-4-6-16(7-5-15)25(21,22)19-14-3-8-17(18-13-14)20-9-11-23-12-10-20/h3-8,13,19H,2,9-12H2,1H3. The smallest absolute Gasteiger partial charge is 0.261 e. The SMILES string of the molecule is CCOc1ccc(S(=O)(=O)Nc2ccc(N3CCOCC3)nc2)cc1. The number of sulfonamides is 1. The molecule has 0 unspecified atom stereocenters. The maximum Gasteiger partial charge on any atom is 0.261 e. The van der Waals surface area contributed by atoms with E-state index in [0.29, 0.717) is 31.3 Å². The third kappa shape index (κ3) is 4.40. The van der Waals surface area contributed by atoms with Crippen LogP contribution in [0.3, 0.4) is 0 Å². The number of pyridine rings is 1. The highest BCUT2D eigenvalue weighted by atomic mass is 32.2. The highest BCUT2D eigenvalue weighted by Gasteiger charge is 2.16. The second-order valence-electron chi connectivity index (χ2n) is 5.51. The number of hydrogen-bond donors (Lipinski definition) is 1. The first kappa shape index (κ1) is 17.5. The number of benzene rings is 1. The van der Waals surface area contributed by atoms with E-state index in [1.54, 1.807) is 24.3 Å². The van der Waals surface area contributed by atoms with E-state index in [1.165, 1.54) is 18.3 Å². The first-order valence-electron chi connectivity index (χ1n) is 8.13. The van der Waals surface area contributed by atoms with Gasteiger partial charge in [0.2, 0.25) is 0 Å². The number of nitrogens with one attached hydrogen (secondary N) is 1. The Balaban J connectivity index is 1.69. The Kier molecular flexibility index (Phi) is 5.40. The van der Waals surface area contributed by atoms with Gasteiger partial charge in [0.15, 0.2) is 0 Å². The van der Waals surface area contributed by atoms with Gasteiger partial charge >= 0.3 is 0 Å². The molecule has 134 valence electrons. The van der Waals surface area contributed by atoms with Crippen LogP contribution in [-0.2, 0) is 14.8 Å². The third-order valence-electron chi connectivity index (χ3n) is 3.78. The van der Waals surface area contributed by atoms with Crippen molar-refractivity contribution in [2.45, 2.75) is 11.8 Å². The number of rotatable bonds is 6. The largest absolute Gasteiger partial charge is 0.494 e. The van der Waals surface area contributed by atoms with Crippen LogP contribution in [0.5, 0.6) is 5.75 Å². The molecule has 0 bridgehead atoms. The zero-order valence-corrected chi connectivity index (χ0v) is 14.8. The molecule has 0 spiro atoms. The molecule has 2 heterocycles. The van der Waals surface area contributed by atoms with Crippen LogP contribution in [0.15, 0.2) is 47.5 Å². The van der Waals surface area contributed by atoms with Crippen LogP contribution in [0, 0.1) is 0 Å². The lowest BCUT2D eigenvalue weighted by atomic mass is 10.3. The van der Waals surface area contributed by atoms with Crippen LogP contribution in [0.1, 0.15) is 6.92 Å². The highest BCUT2D eigenvalue weighted by Crippen LogP contribution is 2.20. The van der Waals surface area contributed by atoms with Gasteiger partial charge in [0.1, 0.15) is 11.6 Å². The average molecular weight is 363 g/mol. The van der Waals surface area contributed by atoms with E-state index in [1.807, 2.05) is 6.92 Å². The molecule has 1 aromatic carbocycles. The minimum absolute atomic E-state index is 0.174. The fourth-order valence-corrected chi connectivity index (χ4v) is 3.56. The van der Waals surface area contributed by atoms with Crippen molar-refractivity contribution in [3.8, 4) is 5.75 Å². The molecule has 1 saturated heterocycles. The Labute approximate surface area is 147 Å². The van der Waals surface area contributed by atoms with Crippen LogP contribution < -0.4 is 14.4 Å². The van der Waals surface area contributed by atoms with Gasteiger partial charge in [0, 0.05) is 13.1 Å². The van der Waals surface area contributed by atoms with Gasteiger partial charge in [-0.2, -0.15) is 0 Å². The number of morpholine rings is 1. The lowest BCUT2D eigenvalue weighted by Gasteiger charge is -2.27. The molecule has 25 heavy (non-hydrogen) atoms. The predicted molar refractivity (Wildman–Crippen MR) is 95.7 cm³/mol. The average Bonchev–Trinajstić information content (AvgIpc) is 2.63. The molecule has 0 amide bonds. The summed E-state index contributed by atoms with van der Waals surface area (Å²) < 4.78 is 38.1. The molecule has 1 N–H and O–H groups in total. The fraction of sp³-hybridized carbons (Fsp3) is 0.353. The van der Waals surface area contributed by atoms with Crippen LogP contribution in [0.25, 0.3) is 0 Å². The summed E-state index contributed by atoms with van der Waals surface area (Å²) in [6.45, 7) is 5.32. The monoisotopic (exact) mass is 363 g/mol. The number of ether oxygens (including phenoxy) is 2. The summed E-state index contributed by atoms with van der Waals surface area (Å²) >= 11 is 0. The molecule has 8 heteroatoms. The maximum atomic E-state index is 12.5. The highest BCUT2D eigenvalue weighted by molar-refractivity contribution is 7.92. The van der Waals surface area contributed by atoms with E-state index >= 15 is 0 Å². The van der Waals surface area contributed by atoms with Crippen molar-refractivity contribution in [2.75, 3.05) is 42.5 Å². The first-order valence-corrected chi connectivity index (χ1v) is 9.61. The molecule has 1 aliphatic heterocycles. The van der Waals surface area contributed by atoms with Crippen LogP contribution in [0.4, 0.5) is 11.5 Å². The van der Waals surface area contributed by atoms with Gasteiger partial charge in [-0.1, -0.05) is 0 Å². The molecule has 2 aromatic rings. The van der Waals surface area contributed by atoms with Crippen molar-refractivity contribution >= 4 is 21.5 Å². The normalized spacial score (nSPS) is 15.0. The van der Waals surface area contributed by atoms with E-state index in [4.69, 9.17) is 9.47 Å². The van der Waals surface area contributed by atoms with Gasteiger partial charge in [0.25, 0.3) is 10.0 Å². The molecule has 1 fully saturated rings. The summed E-state index contributed by atoms with van der Waals surface area (Å²) in [6, 6.07) is 9.83. The first-order chi connectivity index (χ1) is 12.1. The van der Waals surface area contributed by atoms with Crippen molar-refractivity contribution in [2.24, 2.45) is 0 Å². The van der Waals surface area contributed by atoms with E-state index < -0.39 is 10.0 Å². The van der Waals surface area contributed by atoms with Crippen molar-refractivity contribution < 1.29 is 17.9 Å². The van der Waals surface area contributed by atoms with Gasteiger partial charge < -0.3 is 14.4 Å². The van der Waals surface area contributed by atoms with Crippen molar-refractivity contribution in [1.29, 1.82) is 0 Å². The summed E-state index contributed by atoms with van der Waals surface area (Å²) in [7, 11) is -3.66. The third-order valence-corrected chi connectivity index (χ3v) is 5.18. The van der Waals surface area contributed by atoms with Gasteiger partial charge in [0.05, 0.1) is 36.6 Å². The number of hydrogen-bond acceptors (Lipinski definition) is 6. The minimum Gasteiger partial charge on any atom is -0.494 e. The van der Waals surface area contributed by atoms with Crippen LogP contribution >= 0.6 is 0 Å². The van der Waals surface area contributed by atoms with E-state index in [9.17, 15) is 8.42 Å². The van der Waals surface area contributed by atoms with Gasteiger partial charge in [-0.05, 0) is 43.3 Å². The predicted octanol–water partition coefficient (Wildman–Crippen LogP) is 2.12. The molecule has 0 atom stereocenters. The molecular weight excluding hydrogens is 342 g/mol. The maximum absolute atomic E-state index is 12.5. The second kappa shape index (κ2) is 7.71. The lowest BCUT2D eigenvalue weighted by Crippen LogP contribution is -2.36. The molecule has 1 aromatic heterocycles. The Morgan fingerprint density at radius 2 is 1.88 bits per heavy atom. The fourth-order valence-electron chi connectivity index (χ4n) is 2.52. The summed E-state index contributed by atoms with van der Waals surface area (Å²) in [5.74, 6) is 1.45. The zero-order valence-electron chi connectivity index (χ0n) is 14.0. The summed E-state index contributed by atoms with van der Waals surface area (Å²) in [5, 5.41) is 0. The second-order valence-corrected chi connectivity index (χ2v) is 7.20. The van der Waals surface area contributed by atoms with Gasteiger partial charge in [-0.15, -0.1) is 0 Å². The zero-order chi connectivity index (χ0) is 17.7. The number of nitrogens with zero attached hydrogens (tertiary/aromatic N) is 2. The summed E-state index contributed by atoms with van der Waals surface area (Å²) in [4.78, 5) is 6.62. The van der Waals surface area contributed by atoms with E-state index in [2.05, 4.69) is 14.6 Å². The minimum atomic E-state index is -3.66. The van der Waals surface area contributed by atoms with Crippen molar-refractivity contribution in [3.63, 3.8) is 0 Å². The molecule has 1 aliphatic rings. The molecule has 0 saturated carbocycles. The Bertz CT molecular complexity index is 786.